The predicted molar refractivity (Wildman–Crippen MR) is 76.4 cm³/mol. The molecule has 0 saturated heterocycles. The Hall–Kier alpha value is -1.18. The summed E-state index contributed by atoms with van der Waals surface area (Å²) in [4.78, 5) is 12.2. The monoisotopic (exact) mass is 352 g/mol. The number of Topliss-reactive ketones (excluding diaryl/α,β-unsaturated/α-hetero) is 1. The van der Waals surface area contributed by atoms with Crippen LogP contribution in [-0.2, 0) is 17.0 Å². The lowest BCUT2D eigenvalue weighted by Gasteiger charge is -2.08. The topological polar surface area (TPSA) is 34.1 Å². The summed E-state index contributed by atoms with van der Waals surface area (Å²) in [5.41, 5.74) is -0.889. The van der Waals surface area contributed by atoms with E-state index in [0.29, 0.717) is 9.21 Å². The van der Waals surface area contributed by atoms with Crippen LogP contribution in [0.1, 0.15) is 15.2 Å². The van der Waals surface area contributed by atoms with E-state index in [0.717, 1.165) is 23.5 Å². The molecule has 0 aliphatic heterocycles. The van der Waals surface area contributed by atoms with E-state index in [1.54, 1.807) is 0 Å². The van der Waals surface area contributed by atoms with Crippen LogP contribution in [0.3, 0.4) is 0 Å². The van der Waals surface area contributed by atoms with Crippen LogP contribution in [-0.4, -0.2) is 15.7 Å². The number of ketones is 1. The molecule has 1 aromatic heterocycles. The largest absolute Gasteiger partial charge is 0.416 e. The van der Waals surface area contributed by atoms with Crippen molar-refractivity contribution in [2.24, 2.45) is 0 Å². The van der Waals surface area contributed by atoms with Gasteiger partial charge in [0.15, 0.2) is 5.78 Å². The van der Waals surface area contributed by atoms with Crippen LogP contribution in [0.4, 0.5) is 13.2 Å². The van der Waals surface area contributed by atoms with Crippen molar-refractivity contribution in [2.75, 3.05) is 5.75 Å². The fourth-order valence-corrected chi connectivity index (χ4v) is 3.67. The molecular weight excluding hydrogens is 345 g/mol. The van der Waals surface area contributed by atoms with E-state index < -0.39 is 28.3 Å². The lowest BCUT2D eigenvalue weighted by molar-refractivity contribution is -0.137. The number of hydrogen-bond donors (Lipinski definition) is 0. The van der Waals surface area contributed by atoms with Gasteiger partial charge in [-0.2, -0.15) is 13.2 Å². The molecule has 2 rings (SSSR count). The van der Waals surface area contributed by atoms with Crippen molar-refractivity contribution < 1.29 is 22.2 Å². The van der Waals surface area contributed by atoms with Gasteiger partial charge in [0, 0.05) is 4.90 Å². The van der Waals surface area contributed by atoms with Crippen molar-refractivity contribution >= 4 is 39.5 Å². The number of benzene rings is 1. The molecule has 21 heavy (non-hydrogen) atoms. The highest BCUT2D eigenvalue weighted by Gasteiger charge is 2.31. The molecule has 0 amide bonds. The maximum Gasteiger partial charge on any atom is 0.416 e. The molecule has 0 fully saturated rings. The predicted octanol–water partition coefficient (Wildman–Crippen LogP) is 4.41. The molecule has 0 bridgehead atoms. The number of rotatable bonds is 4. The molecule has 2 aromatic rings. The summed E-state index contributed by atoms with van der Waals surface area (Å²) in [5.74, 6) is -0.791. The Balaban J connectivity index is 2.15. The Morgan fingerprint density at radius 3 is 2.52 bits per heavy atom. The first-order valence-corrected chi connectivity index (χ1v) is 8.13. The van der Waals surface area contributed by atoms with Crippen LogP contribution in [0.2, 0.25) is 4.34 Å². The van der Waals surface area contributed by atoms with E-state index in [1.807, 2.05) is 0 Å². The zero-order valence-corrected chi connectivity index (χ0v) is 12.7. The number of carbonyl (C=O) groups is 1. The Bertz CT molecular complexity index is 695. The van der Waals surface area contributed by atoms with Crippen LogP contribution >= 0.6 is 22.9 Å². The minimum absolute atomic E-state index is 0.0270. The van der Waals surface area contributed by atoms with E-state index in [4.69, 9.17) is 11.6 Å². The molecule has 1 atom stereocenters. The quantitative estimate of drug-likeness (QED) is 0.764. The number of thiophene rings is 1. The summed E-state index contributed by atoms with van der Waals surface area (Å²) in [6.07, 6.45) is -4.51. The van der Waals surface area contributed by atoms with Gasteiger partial charge in [-0.05, 0) is 30.3 Å². The van der Waals surface area contributed by atoms with Gasteiger partial charge < -0.3 is 0 Å². The maximum absolute atomic E-state index is 12.6. The number of halogens is 4. The van der Waals surface area contributed by atoms with Gasteiger partial charge in [0.25, 0.3) is 0 Å². The molecule has 0 spiro atoms. The fourth-order valence-electron chi connectivity index (χ4n) is 1.55. The van der Waals surface area contributed by atoms with Crippen LogP contribution in [0.5, 0.6) is 0 Å². The lowest BCUT2D eigenvalue weighted by atomic mass is 10.2. The summed E-state index contributed by atoms with van der Waals surface area (Å²) in [7, 11) is -1.84. The van der Waals surface area contributed by atoms with Crippen molar-refractivity contribution in [3.8, 4) is 0 Å². The van der Waals surface area contributed by atoms with E-state index in [1.165, 1.54) is 24.3 Å². The Kier molecular flexibility index (Phi) is 4.85. The van der Waals surface area contributed by atoms with E-state index >= 15 is 0 Å². The van der Waals surface area contributed by atoms with Gasteiger partial charge in [-0.1, -0.05) is 17.7 Å². The first-order chi connectivity index (χ1) is 9.77. The third-order valence-electron chi connectivity index (χ3n) is 2.53. The molecule has 1 heterocycles. The molecule has 1 aromatic carbocycles. The normalized spacial score (nSPS) is 13.1. The van der Waals surface area contributed by atoms with E-state index in [-0.39, 0.29) is 10.6 Å². The number of alkyl halides is 3. The van der Waals surface area contributed by atoms with Crippen LogP contribution in [0, 0.1) is 0 Å². The summed E-state index contributed by atoms with van der Waals surface area (Å²) < 4.78 is 50.2. The highest BCUT2D eigenvalue weighted by atomic mass is 35.5. The minimum atomic E-state index is -4.51. The van der Waals surface area contributed by atoms with Gasteiger partial charge in [0.05, 0.1) is 31.3 Å². The maximum atomic E-state index is 12.6. The molecule has 0 saturated carbocycles. The average molecular weight is 353 g/mol. The number of carbonyl (C=O) groups excluding carboxylic acids is 1. The van der Waals surface area contributed by atoms with Crippen molar-refractivity contribution in [3.63, 3.8) is 0 Å². The zero-order valence-electron chi connectivity index (χ0n) is 10.3. The van der Waals surface area contributed by atoms with Crippen LogP contribution in [0.15, 0.2) is 41.3 Å². The molecule has 0 N–H and O–H groups in total. The lowest BCUT2D eigenvalue weighted by Crippen LogP contribution is -2.11. The van der Waals surface area contributed by atoms with E-state index in [9.17, 15) is 22.2 Å². The third kappa shape index (κ3) is 4.15. The van der Waals surface area contributed by atoms with Crippen molar-refractivity contribution in [1.29, 1.82) is 0 Å². The number of hydrogen-bond acceptors (Lipinski definition) is 3. The smallest absolute Gasteiger partial charge is 0.292 e. The summed E-state index contributed by atoms with van der Waals surface area (Å²) >= 11 is 6.74. The zero-order chi connectivity index (χ0) is 15.6. The second-order valence-electron chi connectivity index (χ2n) is 4.04. The van der Waals surface area contributed by atoms with Gasteiger partial charge in [-0.15, -0.1) is 11.3 Å². The molecule has 2 nitrogen and oxygen atoms in total. The summed E-state index contributed by atoms with van der Waals surface area (Å²) in [6, 6.07) is 7.19. The molecule has 0 radical (unpaired) electrons. The first kappa shape index (κ1) is 16.2. The second kappa shape index (κ2) is 6.29. The average Bonchev–Trinajstić information content (AvgIpc) is 2.84. The van der Waals surface area contributed by atoms with Crippen LogP contribution < -0.4 is 0 Å². The summed E-state index contributed by atoms with van der Waals surface area (Å²) in [5, 5.41) is 0. The molecule has 112 valence electrons. The van der Waals surface area contributed by atoms with Crippen molar-refractivity contribution in [1.82, 2.24) is 0 Å². The molecule has 0 aliphatic carbocycles. The molecule has 1 unspecified atom stereocenters. The van der Waals surface area contributed by atoms with E-state index in [2.05, 4.69) is 0 Å². The van der Waals surface area contributed by atoms with Crippen molar-refractivity contribution in [3.05, 3.63) is 51.2 Å². The van der Waals surface area contributed by atoms with Crippen LogP contribution in [0.25, 0.3) is 0 Å². The Morgan fingerprint density at radius 2 is 1.95 bits per heavy atom. The first-order valence-electron chi connectivity index (χ1n) is 5.61. The SMILES string of the molecule is O=C(CS(=O)c1cccc(C(F)(F)F)c1)c1ccc(Cl)s1. The standard InChI is InChI=1S/C13H8ClF3O2S2/c14-12-5-4-11(20-12)10(18)7-21(19)9-3-1-2-8(6-9)13(15,16)17/h1-6H,7H2. The van der Waals surface area contributed by atoms with Crippen molar-refractivity contribution in [2.45, 2.75) is 11.1 Å². The Labute approximate surface area is 130 Å². The molecule has 0 aliphatic rings. The van der Waals surface area contributed by atoms with Gasteiger partial charge in [-0.25, -0.2) is 0 Å². The van der Waals surface area contributed by atoms with Gasteiger partial charge in [0.2, 0.25) is 0 Å². The highest BCUT2D eigenvalue weighted by Crippen LogP contribution is 2.30. The highest BCUT2D eigenvalue weighted by molar-refractivity contribution is 7.85. The third-order valence-corrected chi connectivity index (χ3v) is 5.11. The summed E-state index contributed by atoms with van der Waals surface area (Å²) in [6.45, 7) is 0. The van der Waals surface area contributed by atoms with Gasteiger partial charge >= 0.3 is 6.18 Å². The molecular formula is C13H8ClF3O2S2. The minimum Gasteiger partial charge on any atom is -0.292 e. The fraction of sp³-hybridized carbons (Fsp3) is 0.154. The second-order valence-corrected chi connectivity index (χ2v) is 7.21. The molecule has 8 heteroatoms. The Morgan fingerprint density at radius 1 is 1.24 bits per heavy atom. The van der Waals surface area contributed by atoms with Gasteiger partial charge in [0.1, 0.15) is 0 Å². The van der Waals surface area contributed by atoms with Gasteiger partial charge in [-0.3, -0.25) is 9.00 Å².